The van der Waals surface area contributed by atoms with Gasteiger partial charge in [-0.25, -0.2) is 0 Å². The SMILES string of the molecule is CCc1ccc(C2(O)CCC(C)(C)CC2)cc1. The van der Waals surface area contributed by atoms with E-state index in [4.69, 9.17) is 0 Å². The van der Waals surface area contributed by atoms with Crippen LogP contribution in [0, 0.1) is 5.41 Å². The predicted molar refractivity (Wildman–Crippen MR) is 72.0 cm³/mol. The van der Waals surface area contributed by atoms with Gasteiger partial charge in [-0.15, -0.1) is 0 Å². The average Bonchev–Trinajstić information content (AvgIpc) is 2.34. The fourth-order valence-electron chi connectivity index (χ4n) is 2.68. The first-order chi connectivity index (χ1) is 7.95. The van der Waals surface area contributed by atoms with E-state index in [0.717, 1.165) is 37.7 Å². The van der Waals surface area contributed by atoms with Gasteiger partial charge in [0.2, 0.25) is 0 Å². The summed E-state index contributed by atoms with van der Waals surface area (Å²) in [5.74, 6) is 0. The summed E-state index contributed by atoms with van der Waals surface area (Å²) in [7, 11) is 0. The average molecular weight is 232 g/mol. The molecule has 1 N–H and O–H groups in total. The fourth-order valence-corrected chi connectivity index (χ4v) is 2.68. The first-order valence-corrected chi connectivity index (χ1v) is 6.77. The van der Waals surface area contributed by atoms with Crippen LogP contribution in [0.4, 0.5) is 0 Å². The molecular weight excluding hydrogens is 208 g/mol. The van der Waals surface area contributed by atoms with Gasteiger partial charge in [-0.05, 0) is 48.6 Å². The van der Waals surface area contributed by atoms with Gasteiger partial charge >= 0.3 is 0 Å². The van der Waals surface area contributed by atoms with Crippen molar-refractivity contribution in [2.24, 2.45) is 5.41 Å². The molecule has 0 radical (unpaired) electrons. The lowest BCUT2D eigenvalue weighted by Gasteiger charge is -2.40. The molecule has 1 saturated carbocycles. The van der Waals surface area contributed by atoms with Crippen molar-refractivity contribution in [3.05, 3.63) is 35.4 Å². The zero-order valence-corrected chi connectivity index (χ0v) is 11.3. The maximum Gasteiger partial charge on any atom is 0.0897 e. The Hall–Kier alpha value is -0.820. The molecule has 1 aromatic carbocycles. The fraction of sp³-hybridized carbons (Fsp3) is 0.625. The van der Waals surface area contributed by atoms with Crippen LogP contribution in [-0.4, -0.2) is 5.11 Å². The predicted octanol–water partition coefficient (Wildman–Crippen LogP) is 4.04. The van der Waals surface area contributed by atoms with Crippen molar-refractivity contribution in [2.45, 2.75) is 58.5 Å². The highest BCUT2D eigenvalue weighted by Crippen LogP contribution is 2.44. The van der Waals surface area contributed by atoms with E-state index >= 15 is 0 Å². The molecule has 1 aliphatic rings. The van der Waals surface area contributed by atoms with E-state index in [1.165, 1.54) is 5.56 Å². The molecule has 17 heavy (non-hydrogen) atoms. The summed E-state index contributed by atoms with van der Waals surface area (Å²) in [6, 6.07) is 8.51. The molecule has 0 unspecified atom stereocenters. The van der Waals surface area contributed by atoms with Crippen molar-refractivity contribution >= 4 is 0 Å². The van der Waals surface area contributed by atoms with Gasteiger partial charge in [0, 0.05) is 0 Å². The zero-order chi connectivity index (χ0) is 12.5. The Bertz CT molecular complexity index is 365. The number of aliphatic hydroxyl groups is 1. The molecule has 2 rings (SSSR count). The van der Waals surface area contributed by atoms with Gasteiger partial charge in [0.25, 0.3) is 0 Å². The van der Waals surface area contributed by atoms with Gasteiger partial charge in [0.1, 0.15) is 0 Å². The summed E-state index contributed by atoms with van der Waals surface area (Å²) in [4.78, 5) is 0. The third kappa shape index (κ3) is 2.71. The monoisotopic (exact) mass is 232 g/mol. The molecule has 1 aromatic rings. The molecule has 0 saturated heterocycles. The van der Waals surface area contributed by atoms with Gasteiger partial charge in [0.15, 0.2) is 0 Å². The summed E-state index contributed by atoms with van der Waals surface area (Å²) in [5, 5.41) is 10.7. The number of rotatable bonds is 2. The molecule has 1 nitrogen and oxygen atoms in total. The molecule has 0 spiro atoms. The maximum absolute atomic E-state index is 10.7. The van der Waals surface area contributed by atoms with Gasteiger partial charge < -0.3 is 5.11 Å². The van der Waals surface area contributed by atoms with Gasteiger partial charge in [-0.3, -0.25) is 0 Å². The number of aryl methyl sites for hydroxylation is 1. The molecule has 1 heteroatoms. The smallest absolute Gasteiger partial charge is 0.0897 e. The highest BCUT2D eigenvalue weighted by atomic mass is 16.3. The second-order valence-corrected chi connectivity index (χ2v) is 6.25. The molecule has 0 heterocycles. The molecule has 0 aliphatic heterocycles. The van der Waals surface area contributed by atoms with Gasteiger partial charge in [-0.1, -0.05) is 45.0 Å². The quantitative estimate of drug-likeness (QED) is 0.816. The highest BCUT2D eigenvalue weighted by molar-refractivity contribution is 5.27. The lowest BCUT2D eigenvalue weighted by molar-refractivity contribution is -0.0305. The molecule has 0 bridgehead atoms. The second kappa shape index (κ2) is 4.45. The van der Waals surface area contributed by atoms with Crippen molar-refractivity contribution in [1.82, 2.24) is 0 Å². The Morgan fingerprint density at radius 3 is 2.00 bits per heavy atom. The van der Waals surface area contributed by atoms with Crippen LogP contribution in [0.2, 0.25) is 0 Å². The molecule has 0 atom stereocenters. The highest BCUT2D eigenvalue weighted by Gasteiger charge is 2.37. The minimum atomic E-state index is -0.582. The maximum atomic E-state index is 10.7. The lowest BCUT2D eigenvalue weighted by atomic mass is 9.69. The van der Waals surface area contributed by atoms with Crippen LogP contribution < -0.4 is 0 Å². The Kier molecular flexibility index (Phi) is 3.31. The van der Waals surface area contributed by atoms with E-state index in [1.54, 1.807) is 0 Å². The van der Waals surface area contributed by atoms with Crippen LogP contribution in [0.3, 0.4) is 0 Å². The van der Waals surface area contributed by atoms with E-state index in [9.17, 15) is 5.11 Å². The Balaban J connectivity index is 2.15. The van der Waals surface area contributed by atoms with Gasteiger partial charge in [0.05, 0.1) is 5.60 Å². The van der Waals surface area contributed by atoms with E-state index in [-0.39, 0.29) is 0 Å². The van der Waals surface area contributed by atoms with E-state index < -0.39 is 5.60 Å². The third-order valence-corrected chi connectivity index (χ3v) is 4.33. The van der Waals surface area contributed by atoms with Crippen molar-refractivity contribution in [3.63, 3.8) is 0 Å². The summed E-state index contributed by atoms with van der Waals surface area (Å²) in [6.45, 7) is 6.76. The van der Waals surface area contributed by atoms with Crippen molar-refractivity contribution in [2.75, 3.05) is 0 Å². The van der Waals surface area contributed by atoms with Crippen LogP contribution in [0.5, 0.6) is 0 Å². The van der Waals surface area contributed by atoms with Crippen LogP contribution in [0.1, 0.15) is 57.6 Å². The molecule has 1 aliphatic carbocycles. The van der Waals surface area contributed by atoms with Gasteiger partial charge in [-0.2, -0.15) is 0 Å². The van der Waals surface area contributed by atoms with Crippen molar-refractivity contribution in [1.29, 1.82) is 0 Å². The van der Waals surface area contributed by atoms with Crippen molar-refractivity contribution < 1.29 is 5.11 Å². The van der Waals surface area contributed by atoms with Crippen molar-refractivity contribution in [3.8, 4) is 0 Å². The minimum Gasteiger partial charge on any atom is -0.385 e. The van der Waals surface area contributed by atoms with Crippen LogP contribution >= 0.6 is 0 Å². The van der Waals surface area contributed by atoms with E-state index in [1.807, 2.05) is 0 Å². The number of hydrogen-bond acceptors (Lipinski definition) is 1. The molecule has 0 amide bonds. The largest absolute Gasteiger partial charge is 0.385 e. The molecule has 0 aromatic heterocycles. The summed E-state index contributed by atoms with van der Waals surface area (Å²) in [6.07, 6.45) is 5.07. The van der Waals surface area contributed by atoms with E-state index in [0.29, 0.717) is 5.41 Å². The molecule has 1 fully saturated rings. The Labute approximate surface area is 105 Å². The standard InChI is InChI=1S/C16H24O/c1-4-13-5-7-14(8-6-13)16(17)11-9-15(2,3)10-12-16/h5-8,17H,4,9-12H2,1-3H3. The van der Waals surface area contributed by atoms with Crippen LogP contribution in [-0.2, 0) is 12.0 Å². The number of hydrogen-bond donors (Lipinski definition) is 1. The lowest BCUT2D eigenvalue weighted by Crippen LogP contribution is -2.34. The summed E-state index contributed by atoms with van der Waals surface area (Å²) in [5.41, 5.74) is 2.26. The molecular formula is C16H24O. The topological polar surface area (TPSA) is 20.2 Å². The third-order valence-electron chi connectivity index (χ3n) is 4.33. The van der Waals surface area contributed by atoms with Crippen LogP contribution in [0.15, 0.2) is 24.3 Å². The van der Waals surface area contributed by atoms with E-state index in [2.05, 4.69) is 45.0 Å². The normalized spacial score (nSPS) is 22.4. The second-order valence-electron chi connectivity index (χ2n) is 6.25. The number of benzene rings is 1. The van der Waals surface area contributed by atoms with Crippen LogP contribution in [0.25, 0.3) is 0 Å². The zero-order valence-electron chi connectivity index (χ0n) is 11.3. The minimum absolute atomic E-state index is 0.398. The summed E-state index contributed by atoms with van der Waals surface area (Å²) < 4.78 is 0. The Morgan fingerprint density at radius 2 is 1.53 bits per heavy atom. The Morgan fingerprint density at radius 1 is 1.00 bits per heavy atom. The first-order valence-electron chi connectivity index (χ1n) is 6.77. The summed E-state index contributed by atoms with van der Waals surface area (Å²) >= 11 is 0. The molecule has 94 valence electrons. The first kappa shape index (κ1) is 12.6.